The Morgan fingerprint density at radius 1 is 0.904 bits per heavy atom. The van der Waals surface area contributed by atoms with E-state index < -0.39 is 6.10 Å². The Kier molecular flexibility index (Phi) is 8.60. The van der Waals surface area contributed by atoms with Crippen LogP contribution in [0.15, 0.2) is 11.5 Å². The van der Waals surface area contributed by atoms with Gasteiger partial charge >= 0.3 is 0 Å². The van der Waals surface area contributed by atoms with E-state index in [1.54, 1.807) is 0 Å². The third-order valence-electron chi connectivity index (χ3n) is 18.3. The van der Waals surface area contributed by atoms with Crippen LogP contribution in [0, 0.1) is 62.6 Å². The first kappa shape index (κ1) is 36.3. The Bertz CT molecular complexity index is 1450. The fourth-order valence-corrected chi connectivity index (χ4v) is 15.5. The summed E-state index contributed by atoms with van der Waals surface area (Å²) in [6, 6.07) is 0. The van der Waals surface area contributed by atoms with Gasteiger partial charge in [-0.05, 0) is 141 Å². The molecule has 9 fully saturated rings. The zero-order valence-corrected chi connectivity index (χ0v) is 33.8. The second-order valence-electron chi connectivity index (χ2n) is 20.8. The number of carbonyl (C=O) groups is 1. The molecule has 14 unspecified atom stereocenters. The molecule has 6 aliphatic carbocycles. The molecule has 6 saturated carbocycles. The van der Waals surface area contributed by atoms with Crippen molar-refractivity contribution in [3.63, 3.8) is 0 Å². The highest BCUT2D eigenvalue weighted by Gasteiger charge is 2.88. The Balaban J connectivity index is 0.920. The number of morpholine rings is 1. The van der Waals surface area contributed by atoms with Crippen LogP contribution in [0.1, 0.15) is 126 Å². The third-order valence-corrected chi connectivity index (χ3v) is 18.3. The van der Waals surface area contributed by atoms with E-state index in [4.69, 9.17) is 18.9 Å². The number of ether oxygens (including phenoxy) is 4. The Morgan fingerprint density at radius 3 is 2.33 bits per heavy atom. The van der Waals surface area contributed by atoms with E-state index in [0.717, 1.165) is 31.8 Å². The predicted octanol–water partition coefficient (Wildman–Crippen LogP) is 7.39. The van der Waals surface area contributed by atoms with Gasteiger partial charge in [0.25, 0.3) is 0 Å². The molecule has 3 heterocycles. The first-order valence-electron chi connectivity index (χ1n) is 21.6. The van der Waals surface area contributed by atoms with Crippen LogP contribution in [0.25, 0.3) is 0 Å². The van der Waals surface area contributed by atoms with Gasteiger partial charge < -0.3 is 33.9 Å². The van der Waals surface area contributed by atoms with Crippen molar-refractivity contribution in [2.45, 2.75) is 157 Å². The van der Waals surface area contributed by atoms with Crippen LogP contribution in [0.5, 0.6) is 0 Å². The fourth-order valence-electron chi connectivity index (χ4n) is 15.5. The van der Waals surface area contributed by atoms with Crippen molar-refractivity contribution < 1.29 is 28.8 Å². The second-order valence-corrected chi connectivity index (χ2v) is 20.8. The van der Waals surface area contributed by atoms with Gasteiger partial charge in [0, 0.05) is 31.5 Å². The summed E-state index contributed by atoms with van der Waals surface area (Å²) in [5.74, 6) is 4.51. The van der Waals surface area contributed by atoms with E-state index in [9.17, 15) is 9.90 Å². The maximum Gasteiger partial charge on any atom is 0.223 e. The summed E-state index contributed by atoms with van der Waals surface area (Å²) in [5, 5.41) is 12.7. The molecule has 3 aliphatic heterocycles. The molecule has 0 aromatic heterocycles. The van der Waals surface area contributed by atoms with E-state index in [-0.39, 0.29) is 52.2 Å². The number of allylic oxidation sites excluding steroid dienone is 1. The van der Waals surface area contributed by atoms with E-state index in [0.29, 0.717) is 73.6 Å². The van der Waals surface area contributed by atoms with Crippen LogP contribution in [0.4, 0.5) is 0 Å². The summed E-state index contributed by atoms with van der Waals surface area (Å²) in [7, 11) is 0. The Morgan fingerprint density at radius 2 is 1.63 bits per heavy atom. The quantitative estimate of drug-likeness (QED) is 0.262. The number of aliphatic hydroxyl groups excluding tert-OH is 1. The minimum atomic E-state index is -0.462. The highest BCUT2D eigenvalue weighted by Crippen LogP contribution is 2.91. The lowest BCUT2D eigenvalue weighted by molar-refractivity contribution is -0.248. The van der Waals surface area contributed by atoms with Gasteiger partial charge in [-0.3, -0.25) is 4.79 Å². The van der Waals surface area contributed by atoms with Crippen molar-refractivity contribution in [2.24, 2.45) is 62.6 Å². The third kappa shape index (κ3) is 4.87. The number of rotatable bonds is 8. The van der Waals surface area contributed by atoms with Crippen molar-refractivity contribution in [3.8, 4) is 0 Å². The molecule has 3 saturated heterocycles. The fraction of sp³-hybridized carbons (Fsp3) is 0.932. The lowest BCUT2D eigenvalue weighted by Crippen LogP contribution is -2.60. The van der Waals surface area contributed by atoms with Crippen LogP contribution in [0.3, 0.4) is 0 Å². The number of nitrogens with zero attached hydrogens (tertiary/aromatic N) is 2. The topological polar surface area (TPSA) is 80.7 Å². The molecule has 52 heavy (non-hydrogen) atoms. The molecule has 14 atom stereocenters. The summed E-state index contributed by atoms with van der Waals surface area (Å²) in [6.45, 7) is 23.9. The molecule has 2 spiro atoms. The molecule has 9 rings (SSSR count). The minimum absolute atomic E-state index is 0.0115. The molecule has 0 aromatic rings. The van der Waals surface area contributed by atoms with Gasteiger partial charge in [0.05, 0.1) is 37.6 Å². The summed E-state index contributed by atoms with van der Waals surface area (Å²) >= 11 is 0. The number of hydrogen-bond donors (Lipinski definition) is 1. The van der Waals surface area contributed by atoms with Crippen molar-refractivity contribution in [1.29, 1.82) is 0 Å². The molecule has 1 amide bonds. The van der Waals surface area contributed by atoms with Crippen molar-refractivity contribution >= 4 is 5.91 Å². The van der Waals surface area contributed by atoms with E-state index in [1.165, 1.54) is 56.9 Å². The average Bonchev–Trinajstić information content (AvgIpc) is 3.98. The molecule has 0 radical (unpaired) electrons. The number of amides is 1. The van der Waals surface area contributed by atoms with Crippen LogP contribution >= 0.6 is 0 Å². The first-order valence-corrected chi connectivity index (χ1v) is 21.6. The number of carbonyl (C=O) groups excluding carboxylic acids is 1. The van der Waals surface area contributed by atoms with E-state index in [2.05, 4.69) is 60.3 Å². The molecule has 0 bridgehead atoms. The van der Waals surface area contributed by atoms with Crippen LogP contribution in [-0.2, 0) is 23.7 Å². The molecule has 0 aromatic carbocycles. The molecule has 1 N–H and O–H groups in total. The lowest BCUT2D eigenvalue weighted by atomic mass is 9.41. The maximum absolute atomic E-state index is 13.0. The number of likely N-dealkylation sites (tertiary alicyclic amines) is 1. The number of hydrogen-bond acceptors (Lipinski definition) is 7. The average molecular weight is 723 g/mol. The van der Waals surface area contributed by atoms with Gasteiger partial charge in [0.15, 0.2) is 12.2 Å². The summed E-state index contributed by atoms with van der Waals surface area (Å²) < 4.78 is 26.6. The van der Waals surface area contributed by atoms with Crippen LogP contribution in [0.2, 0.25) is 0 Å². The van der Waals surface area contributed by atoms with Crippen LogP contribution < -0.4 is 0 Å². The first-order chi connectivity index (χ1) is 24.7. The van der Waals surface area contributed by atoms with Crippen molar-refractivity contribution in [3.05, 3.63) is 11.5 Å². The standard InChI is InChI=1S/C44H70N2O6/c1-26(2)39(45-18-9-19-45)50-25-30-22-27(3)36-37(51-30)38(48)42(8)32-13-12-31-40(5,6)33(14-15-43(31)28(4)44(32,43)17-16-41(36,42)7)52-35-24-46(20-21-49-35)34(47)23-29-10-11-29/h27-33,35-38,48H,9-25H2,1-8H3. The number of aliphatic hydroxyl groups is 1. The van der Waals surface area contributed by atoms with E-state index >= 15 is 0 Å². The molecule has 8 heteroatoms. The van der Waals surface area contributed by atoms with Crippen LogP contribution in [-0.4, -0.2) is 90.9 Å². The second kappa shape index (κ2) is 12.3. The lowest BCUT2D eigenvalue weighted by Gasteiger charge is -2.63. The highest BCUT2D eigenvalue weighted by atomic mass is 16.7. The highest BCUT2D eigenvalue weighted by molar-refractivity contribution is 5.76. The monoisotopic (exact) mass is 723 g/mol. The zero-order chi connectivity index (χ0) is 36.6. The normalized spacial score (nSPS) is 50.1. The summed E-state index contributed by atoms with van der Waals surface area (Å²) in [5.41, 5.74) is 1.69. The molecular formula is C44H70N2O6. The van der Waals surface area contributed by atoms with Gasteiger partial charge in [0.2, 0.25) is 5.91 Å². The van der Waals surface area contributed by atoms with Gasteiger partial charge in [-0.25, -0.2) is 0 Å². The largest absolute Gasteiger partial charge is 0.476 e. The molecular weight excluding hydrogens is 652 g/mol. The molecule has 9 aliphatic rings. The van der Waals surface area contributed by atoms with Gasteiger partial charge in [-0.2, -0.15) is 0 Å². The smallest absolute Gasteiger partial charge is 0.223 e. The number of fused-ring (bicyclic) bond motifs is 4. The van der Waals surface area contributed by atoms with Crippen molar-refractivity contribution in [2.75, 3.05) is 39.4 Å². The molecule has 292 valence electrons. The Hall–Kier alpha value is -1.35. The Labute approximate surface area is 314 Å². The minimum Gasteiger partial charge on any atom is -0.476 e. The molecule has 8 nitrogen and oxygen atoms in total. The maximum atomic E-state index is 13.0. The van der Waals surface area contributed by atoms with Crippen molar-refractivity contribution in [1.82, 2.24) is 9.80 Å². The van der Waals surface area contributed by atoms with E-state index in [1.807, 2.05) is 4.90 Å². The summed E-state index contributed by atoms with van der Waals surface area (Å²) in [4.78, 5) is 17.3. The van der Waals surface area contributed by atoms with Gasteiger partial charge in [-0.1, -0.05) is 41.5 Å². The van der Waals surface area contributed by atoms with Gasteiger partial charge in [-0.15, -0.1) is 0 Å². The predicted molar refractivity (Wildman–Crippen MR) is 200 cm³/mol. The summed E-state index contributed by atoms with van der Waals surface area (Å²) in [6.07, 6.45) is 11.6. The SMILES string of the molecule is CC(C)=C(OCC1CC(C)C2C(O1)C(O)C1(C)C3CCC4C(C)(C)C(OC5CN(C(=O)CC6CC6)CCO5)CCC45C(C)C35CCC21C)N1CCC1. The zero-order valence-electron chi connectivity index (χ0n) is 33.8. The van der Waals surface area contributed by atoms with Gasteiger partial charge in [0.1, 0.15) is 6.61 Å².